The average molecular weight is 502 g/mol. The molecule has 0 spiro atoms. The Bertz CT molecular complexity index is 1230. The predicted octanol–water partition coefficient (Wildman–Crippen LogP) is 8.88. The highest BCUT2D eigenvalue weighted by molar-refractivity contribution is 5.85. The zero-order chi connectivity index (χ0) is 25.5. The molecule has 9 heteroatoms. The third-order valence-corrected chi connectivity index (χ3v) is 6.65. The van der Waals surface area contributed by atoms with E-state index in [4.69, 9.17) is 0 Å². The molecule has 35 heavy (non-hydrogen) atoms. The lowest BCUT2D eigenvalue weighted by Crippen LogP contribution is -2.24. The van der Waals surface area contributed by atoms with Gasteiger partial charge in [-0.3, -0.25) is 0 Å². The number of benzene rings is 3. The zero-order valence-electron chi connectivity index (χ0n) is 18.7. The molecule has 0 N–H and O–H groups in total. The highest BCUT2D eigenvalue weighted by Crippen LogP contribution is 2.42. The minimum Gasteiger partial charge on any atom is -0.429 e. The molecule has 0 aliphatic heterocycles. The highest BCUT2D eigenvalue weighted by atomic mass is 19.3. The van der Waals surface area contributed by atoms with Crippen LogP contribution >= 0.6 is 0 Å². The topological polar surface area (TPSA) is 9.23 Å². The molecule has 1 fully saturated rings. The summed E-state index contributed by atoms with van der Waals surface area (Å²) in [7, 11) is 0. The van der Waals surface area contributed by atoms with E-state index in [1.807, 2.05) is 0 Å². The molecule has 188 valence electrons. The molecule has 4 rings (SSSR count). The lowest BCUT2D eigenvalue weighted by molar-refractivity contribution is -0.187. The first kappa shape index (κ1) is 25.3. The molecule has 3 aromatic carbocycles. The second-order valence-corrected chi connectivity index (χ2v) is 8.95. The Hall–Kier alpha value is -2.84. The molecule has 1 aliphatic carbocycles. The predicted molar refractivity (Wildman–Crippen MR) is 114 cm³/mol. The number of fused-ring (bicyclic) bond motifs is 1. The van der Waals surface area contributed by atoms with Crippen LogP contribution < -0.4 is 4.74 Å². The van der Waals surface area contributed by atoms with Crippen molar-refractivity contribution in [3.8, 4) is 5.75 Å². The maximum Gasteiger partial charge on any atom is 0.429 e. The minimum atomic E-state index is -4.53. The molecule has 0 atom stereocenters. The van der Waals surface area contributed by atoms with Crippen molar-refractivity contribution < 1.29 is 39.9 Å². The van der Waals surface area contributed by atoms with E-state index < -0.39 is 57.7 Å². The molecule has 0 unspecified atom stereocenters. The van der Waals surface area contributed by atoms with E-state index in [0.717, 1.165) is 31.7 Å². The normalized spacial score (nSPS) is 18.8. The molecule has 0 bridgehead atoms. The Morgan fingerprint density at radius 1 is 0.800 bits per heavy atom. The molecule has 0 radical (unpaired) electrons. The number of ether oxygens (including phenoxy) is 1. The van der Waals surface area contributed by atoms with E-state index in [9.17, 15) is 30.7 Å². The van der Waals surface area contributed by atoms with E-state index in [-0.39, 0.29) is 29.0 Å². The van der Waals surface area contributed by atoms with Crippen LogP contribution in [0.5, 0.6) is 5.75 Å². The molecule has 1 nitrogen and oxygen atoms in total. The summed E-state index contributed by atoms with van der Waals surface area (Å²) in [5.74, 6) is -11.0. The van der Waals surface area contributed by atoms with Gasteiger partial charge in [-0.05, 0) is 60.6 Å². The van der Waals surface area contributed by atoms with E-state index in [0.29, 0.717) is 24.8 Å². The van der Waals surface area contributed by atoms with Crippen LogP contribution in [0.2, 0.25) is 0 Å². The first-order valence-electron chi connectivity index (χ1n) is 11.3. The van der Waals surface area contributed by atoms with Crippen molar-refractivity contribution >= 4 is 10.8 Å². The first-order valence-corrected chi connectivity index (χ1v) is 11.3. The Balaban J connectivity index is 1.68. The quantitative estimate of drug-likeness (QED) is 0.242. The van der Waals surface area contributed by atoms with E-state index in [1.165, 1.54) is 6.07 Å². The van der Waals surface area contributed by atoms with Crippen LogP contribution in [0.3, 0.4) is 0 Å². The zero-order valence-corrected chi connectivity index (χ0v) is 18.7. The molecule has 1 saturated carbocycles. The van der Waals surface area contributed by atoms with Crippen LogP contribution in [0.15, 0.2) is 30.3 Å². The summed E-state index contributed by atoms with van der Waals surface area (Å²) >= 11 is 0. The van der Waals surface area contributed by atoms with Crippen molar-refractivity contribution in [1.29, 1.82) is 0 Å². The fourth-order valence-corrected chi connectivity index (χ4v) is 4.89. The number of hydrogen-bond acceptors (Lipinski definition) is 1. The lowest BCUT2D eigenvalue weighted by atomic mass is 9.76. The minimum absolute atomic E-state index is 0.0809. The van der Waals surface area contributed by atoms with Crippen LogP contribution in [-0.2, 0) is 6.11 Å². The smallest absolute Gasteiger partial charge is 0.429 e. The van der Waals surface area contributed by atoms with Gasteiger partial charge in [-0.1, -0.05) is 25.8 Å². The summed E-state index contributed by atoms with van der Waals surface area (Å²) < 4.78 is 118. The number of halogens is 8. The van der Waals surface area contributed by atoms with E-state index in [2.05, 4.69) is 11.7 Å². The second-order valence-electron chi connectivity index (χ2n) is 8.95. The average Bonchev–Trinajstić information content (AvgIpc) is 2.80. The number of rotatable bonds is 6. The largest absolute Gasteiger partial charge is 0.429 e. The second kappa shape index (κ2) is 9.66. The van der Waals surface area contributed by atoms with Crippen LogP contribution in [0.4, 0.5) is 35.1 Å². The van der Waals surface area contributed by atoms with Crippen LogP contribution in [0.25, 0.3) is 10.8 Å². The van der Waals surface area contributed by atoms with Gasteiger partial charge >= 0.3 is 6.11 Å². The van der Waals surface area contributed by atoms with Gasteiger partial charge in [0.2, 0.25) is 0 Å². The summed E-state index contributed by atoms with van der Waals surface area (Å²) in [6.07, 6.45) is 0.567. The summed E-state index contributed by atoms with van der Waals surface area (Å²) in [5.41, 5.74) is -1.39. The summed E-state index contributed by atoms with van der Waals surface area (Å²) in [6.45, 7) is 2.08. The summed E-state index contributed by atoms with van der Waals surface area (Å²) in [6, 6.07) is 3.23. The Morgan fingerprint density at radius 3 is 2.03 bits per heavy atom. The fraction of sp³-hybridized carbons (Fsp3) is 0.385. The third kappa shape index (κ3) is 4.82. The van der Waals surface area contributed by atoms with Gasteiger partial charge in [-0.25, -0.2) is 26.3 Å². The summed E-state index contributed by atoms with van der Waals surface area (Å²) in [5, 5.41) is -1.09. The van der Waals surface area contributed by atoms with Crippen LogP contribution in [0.1, 0.15) is 62.5 Å². The van der Waals surface area contributed by atoms with Gasteiger partial charge in [0, 0.05) is 12.1 Å². The Morgan fingerprint density at radius 2 is 1.43 bits per heavy atom. The molecule has 0 aromatic heterocycles. The van der Waals surface area contributed by atoms with Crippen molar-refractivity contribution in [3.05, 3.63) is 76.4 Å². The third-order valence-electron chi connectivity index (χ3n) is 6.65. The molecule has 0 saturated heterocycles. The van der Waals surface area contributed by atoms with Gasteiger partial charge in [0.15, 0.2) is 29.1 Å². The van der Waals surface area contributed by atoms with Crippen LogP contribution in [-0.4, -0.2) is 0 Å². The van der Waals surface area contributed by atoms with Gasteiger partial charge in [0.05, 0.1) is 5.39 Å². The molecule has 1 aliphatic rings. The maximum atomic E-state index is 15.1. The lowest BCUT2D eigenvalue weighted by Gasteiger charge is -2.29. The van der Waals surface area contributed by atoms with Gasteiger partial charge in [-0.2, -0.15) is 8.78 Å². The van der Waals surface area contributed by atoms with Gasteiger partial charge in [-0.15, -0.1) is 0 Å². The maximum absolute atomic E-state index is 15.1. The van der Waals surface area contributed by atoms with Crippen LogP contribution in [0, 0.1) is 40.8 Å². The number of hydrogen-bond donors (Lipinski definition) is 0. The SMILES string of the molecule is CCCC1CCC(c2cc3ccc(C(F)(F)Oc4cc(F)c(F)c(F)c4)c(F)c3c(F)c2F)CC1. The molecule has 0 heterocycles. The van der Waals surface area contributed by atoms with Crippen molar-refractivity contribution in [1.82, 2.24) is 0 Å². The van der Waals surface area contributed by atoms with E-state index >= 15 is 4.39 Å². The molecule has 0 amide bonds. The number of alkyl halides is 2. The fourth-order valence-electron chi connectivity index (χ4n) is 4.89. The van der Waals surface area contributed by atoms with Crippen molar-refractivity contribution in [2.75, 3.05) is 0 Å². The van der Waals surface area contributed by atoms with Crippen molar-refractivity contribution in [3.63, 3.8) is 0 Å². The monoisotopic (exact) mass is 502 g/mol. The van der Waals surface area contributed by atoms with Gasteiger partial charge in [0.25, 0.3) is 0 Å². The first-order chi connectivity index (χ1) is 16.5. The Kier molecular flexibility index (Phi) is 6.97. The summed E-state index contributed by atoms with van der Waals surface area (Å²) in [4.78, 5) is 0. The van der Waals surface area contributed by atoms with Crippen molar-refractivity contribution in [2.45, 2.75) is 57.5 Å². The van der Waals surface area contributed by atoms with E-state index in [1.54, 1.807) is 0 Å². The molecular formula is C26H22F8O. The van der Waals surface area contributed by atoms with Gasteiger partial charge < -0.3 is 4.74 Å². The standard InChI is InChI=1S/C26H22F8O/c1-2-3-13-4-6-14(7-5-13)17-10-15-8-9-18(23(30)21(15)25(32)22(17)29)26(33,34)35-16-11-19(27)24(31)20(28)12-16/h8-14H,2-7H2,1H3. The highest BCUT2D eigenvalue weighted by Gasteiger charge is 2.40. The van der Waals surface area contributed by atoms with Crippen molar-refractivity contribution in [2.24, 2.45) is 5.92 Å². The molecule has 3 aromatic rings. The van der Waals surface area contributed by atoms with Gasteiger partial charge in [0.1, 0.15) is 17.1 Å². The molecular weight excluding hydrogens is 480 g/mol. The Labute approximate surface area is 196 Å².